The van der Waals surface area contributed by atoms with E-state index in [1.165, 1.54) is 12.1 Å². The molecule has 2 rings (SSSR count). The third-order valence-corrected chi connectivity index (χ3v) is 4.46. The highest BCUT2D eigenvalue weighted by Crippen LogP contribution is 2.29. The highest BCUT2D eigenvalue weighted by atomic mass is 35.6. The fourth-order valence-corrected chi connectivity index (χ4v) is 2.73. The summed E-state index contributed by atoms with van der Waals surface area (Å²) in [6, 6.07) is 12.8. The van der Waals surface area contributed by atoms with Crippen molar-refractivity contribution >= 4 is 69.7 Å². The zero-order valence-corrected chi connectivity index (χ0v) is 17.5. The van der Waals surface area contributed by atoms with Crippen molar-refractivity contribution in [3.05, 3.63) is 65.2 Å². The lowest BCUT2D eigenvalue weighted by molar-refractivity contribution is -0.254. The molecule has 0 aliphatic carbocycles. The second-order valence-corrected chi connectivity index (χ2v) is 8.52. The molecule has 0 aromatic heterocycles. The molecule has 0 fully saturated rings. The number of thiocarbonyl (C=S) groups is 1. The number of carboxylic acids is 1. The maximum absolute atomic E-state index is 12.4. The van der Waals surface area contributed by atoms with Crippen molar-refractivity contribution in [1.82, 2.24) is 10.6 Å². The van der Waals surface area contributed by atoms with Crippen LogP contribution < -0.4 is 21.1 Å². The maximum atomic E-state index is 12.4. The van der Waals surface area contributed by atoms with Crippen LogP contribution in [-0.2, 0) is 0 Å². The van der Waals surface area contributed by atoms with Crippen LogP contribution in [0, 0.1) is 6.92 Å². The number of aryl methyl sites for hydroxylation is 1. The highest BCUT2D eigenvalue weighted by molar-refractivity contribution is 7.80. The van der Waals surface area contributed by atoms with Gasteiger partial charge in [0.15, 0.2) is 5.11 Å². The first kappa shape index (κ1) is 22.2. The molecule has 0 heterocycles. The van der Waals surface area contributed by atoms with E-state index in [9.17, 15) is 14.7 Å². The number of carboxylic acid groups (broad SMARTS) is 1. The summed E-state index contributed by atoms with van der Waals surface area (Å²) in [6.45, 7) is 1.89. The number of rotatable bonds is 5. The van der Waals surface area contributed by atoms with Gasteiger partial charge < -0.3 is 25.9 Å². The van der Waals surface area contributed by atoms with Crippen LogP contribution in [0.5, 0.6) is 0 Å². The van der Waals surface area contributed by atoms with E-state index in [1.54, 1.807) is 36.4 Å². The molecule has 2 aromatic rings. The van der Waals surface area contributed by atoms with Crippen molar-refractivity contribution in [2.24, 2.45) is 0 Å². The van der Waals surface area contributed by atoms with E-state index in [4.69, 9.17) is 47.0 Å². The average molecular weight is 460 g/mol. The number of aromatic carboxylic acids is 1. The number of nitrogens with one attached hydrogen (secondary N) is 3. The van der Waals surface area contributed by atoms with Crippen LogP contribution >= 0.6 is 47.0 Å². The van der Waals surface area contributed by atoms with Crippen LogP contribution in [0.1, 0.15) is 26.3 Å². The number of hydrogen-bond acceptors (Lipinski definition) is 4. The SMILES string of the molecule is Cc1ccc(C(=O)N[C@H](NC(=S)Nc2ccccc2C(=O)[O-])C(Cl)(Cl)Cl)cc1. The lowest BCUT2D eigenvalue weighted by atomic mass is 10.1. The van der Waals surface area contributed by atoms with Crippen molar-refractivity contribution in [3.63, 3.8) is 0 Å². The first-order valence-electron chi connectivity index (χ1n) is 7.90. The number of carbonyl (C=O) groups excluding carboxylic acids is 2. The molecule has 0 aliphatic heterocycles. The molecule has 6 nitrogen and oxygen atoms in total. The smallest absolute Gasteiger partial charge is 0.252 e. The molecule has 0 unspecified atom stereocenters. The number of alkyl halides is 3. The van der Waals surface area contributed by atoms with Crippen LogP contribution in [0.15, 0.2) is 48.5 Å². The third-order valence-electron chi connectivity index (χ3n) is 3.59. The zero-order chi connectivity index (χ0) is 20.9. The topological polar surface area (TPSA) is 93.3 Å². The molecule has 1 atom stereocenters. The Kier molecular flexibility index (Phi) is 7.48. The average Bonchev–Trinajstić information content (AvgIpc) is 2.61. The molecule has 3 N–H and O–H groups in total. The molecule has 148 valence electrons. The van der Waals surface area contributed by atoms with Crippen LogP contribution in [0.25, 0.3) is 0 Å². The molecule has 28 heavy (non-hydrogen) atoms. The van der Waals surface area contributed by atoms with E-state index in [2.05, 4.69) is 16.0 Å². The highest BCUT2D eigenvalue weighted by Gasteiger charge is 2.35. The quantitative estimate of drug-likeness (QED) is 0.362. The Labute approximate surface area is 182 Å². The summed E-state index contributed by atoms with van der Waals surface area (Å²) in [5.74, 6) is -1.86. The van der Waals surface area contributed by atoms with Gasteiger partial charge in [0.25, 0.3) is 5.91 Å². The second kappa shape index (κ2) is 9.43. The predicted octanol–water partition coefficient (Wildman–Crippen LogP) is 2.77. The van der Waals surface area contributed by atoms with Crippen molar-refractivity contribution in [2.75, 3.05) is 5.32 Å². The summed E-state index contributed by atoms with van der Waals surface area (Å²) >= 11 is 23.0. The normalized spacial score (nSPS) is 12.0. The molecule has 0 spiro atoms. The van der Waals surface area contributed by atoms with Gasteiger partial charge in [-0.15, -0.1) is 0 Å². The lowest BCUT2D eigenvalue weighted by Crippen LogP contribution is -2.56. The number of halogens is 3. The summed E-state index contributed by atoms with van der Waals surface area (Å²) in [5, 5.41) is 19.0. The molecule has 0 bridgehead atoms. The van der Waals surface area contributed by atoms with Gasteiger partial charge in [0.05, 0.1) is 5.97 Å². The van der Waals surface area contributed by atoms with E-state index in [1.807, 2.05) is 6.92 Å². The number of anilines is 1. The Bertz CT molecular complexity index is 886. The molecule has 0 saturated carbocycles. The van der Waals surface area contributed by atoms with E-state index in [-0.39, 0.29) is 16.4 Å². The van der Waals surface area contributed by atoms with Crippen LogP contribution in [0.4, 0.5) is 5.69 Å². The summed E-state index contributed by atoms with van der Waals surface area (Å²) in [4.78, 5) is 23.6. The summed E-state index contributed by atoms with van der Waals surface area (Å²) in [5.41, 5.74) is 1.45. The molecular weight excluding hydrogens is 445 g/mol. The van der Waals surface area contributed by atoms with E-state index >= 15 is 0 Å². The van der Waals surface area contributed by atoms with Gasteiger partial charge in [0, 0.05) is 16.8 Å². The number of carbonyl (C=O) groups is 2. The first-order chi connectivity index (χ1) is 13.1. The number of para-hydroxylation sites is 1. The Morgan fingerprint density at radius 2 is 1.64 bits per heavy atom. The van der Waals surface area contributed by atoms with E-state index < -0.39 is 21.8 Å². The summed E-state index contributed by atoms with van der Waals surface area (Å²) in [7, 11) is 0. The number of amides is 1. The van der Waals surface area contributed by atoms with Gasteiger partial charge in [0.1, 0.15) is 6.17 Å². The Morgan fingerprint density at radius 1 is 1.04 bits per heavy atom. The fraction of sp³-hybridized carbons (Fsp3) is 0.167. The van der Waals surface area contributed by atoms with Gasteiger partial charge in [-0.1, -0.05) is 70.7 Å². The Balaban J connectivity index is 2.12. The van der Waals surface area contributed by atoms with Crippen molar-refractivity contribution in [2.45, 2.75) is 16.9 Å². The van der Waals surface area contributed by atoms with E-state index in [0.717, 1.165) is 5.56 Å². The van der Waals surface area contributed by atoms with Gasteiger partial charge >= 0.3 is 0 Å². The second-order valence-electron chi connectivity index (χ2n) is 5.75. The minimum atomic E-state index is -1.94. The van der Waals surface area contributed by atoms with Crippen LogP contribution in [0.2, 0.25) is 0 Å². The van der Waals surface area contributed by atoms with Gasteiger partial charge in [-0.2, -0.15) is 0 Å². The van der Waals surface area contributed by atoms with Gasteiger partial charge in [0.2, 0.25) is 3.79 Å². The first-order valence-corrected chi connectivity index (χ1v) is 9.44. The van der Waals surface area contributed by atoms with Crippen LogP contribution in [0.3, 0.4) is 0 Å². The summed E-state index contributed by atoms with van der Waals surface area (Å²) < 4.78 is -1.94. The fourth-order valence-electron chi connectivity index (χ4n) is 2.18. The van der Waals surface area contributed by atoms with Crippen molar-refractivity contribution < 1.29 is 14.7 Å². The Hall–Kier alpha value is -2.06. The number of hydrogen-bond donors (Lipinski definition) is 3. The predicted molar refractivity (Wildman–Crippen MR) is 113 cm³/mol. The van der Waals surface area contributed by atoms with Gasteiger partial charge in [-0.3, -0.25) is 4.79 Å². The minimum absolute atomic E-state index is 0.0609. The molecule has 2 aromatic carbocycles. The third kappa shape index (κ3) is 6.24. The molecular formula is C18H15Cl3N3O3S-. The van der Waals surface area contributed by atoms with Crippen LogP contribution in [-0.4, -0.2) is 26.9 Å². The number of benzene rings is 2. The summed E-state index contributed by atoms with van der Waals surface area (Å²) in [6.07, 6.45) is -1.19. The lowest BCUT2D eigenvalue weighted by Gasteiger charge is -2.28. The monoisotopic (exact) mass is 458 g/mol. The Morgan fingerprint density at radius 3 is 2.21 bits per heavy atom. The molecule has 10 heteroatoms. The van der Waals surface area contributed by atoms with Crippen molar-refractivity contribution in [3.8, 4) is 0 Å². The molecule has 1 amide bonds. The molecule has 0 radical (unpaired) electrons. The molecule has 0 saturated heterocycles. The van der Waals surface area contributed by atoms with Gasteiger partial charge in [-0.25, -0.2) is 0 Å². The van der Waals surface area contributed by atoms with Gasteiger partial charge in [-0.05, 0) is 37.3 Å². The van der Waals surface area contributed by atoms with E-state index in [0.29, 0.717) is 5.56 Å². The molecule has 0 aliphatic rings. The maximum Gasteiger partial charge on any atom is 0.252 e. The van der Waals surface area contributed by atoms with Crippen molar-refractivity contribution in [1.29, 1.82) is 0 Å². The zero-order valence-electron chi connectivity index (χ0n) is 14.5. The minimum Gasteiger partial charge on any atom is -0.545 e. The largest absolute Gasteiger partial charge is 0.545 e. The standard InChI is InChI=1S/C18H16Cl3N3O3S/c1-10-6-8-11(9-7-10)14(25)23-16(18(19,20)21)24-17(28)22-13-5-3-2-4-12(13)15(26)27/h2-9,16H,1H3,(H,23,25)(H,26,27)(H2,22,24,28)/p-1/t16-/m1/s1.